The summed E-state index contributed by atoms with van der Waals surface area (Å²) in [4.78, 5) is 0. The Labute approximate surface area is 130 Å². The number of rotatable bonds is 6. The number of hydrogen-bond acceptors (Lipinski definition) is 0. The van der Waals surface area contributed by atoms with Gasteiger partial charge in [0.15, 0.2) is 0 Å². The lowest BCUT2D eigenvalue weighted by Crippen LogP contribution is -2.59. The summed E-state index contributed by atoms with van der Waals surface area (Å²) in [5.74, 6) is 0. The normalized spacial score (nSPS) is 12.4. The first-order valence-corrected chi connectivity index (χ1v) is 10.2. The van der Waals surface area contributed by atoms with Crippen molar-refractivity contribution in [2.45, 2.75) is 39.7 Å². The zero-order valence-corrected chi connectivity index (χ0v) is 14.5. The second-order valence-corrected chi connectivity index (χ2v) is 9.97. The molecule has 0 saturated heterocycles. The number of hydrogen-bond donors (Lipinski definition) is 0. The number of benzene rings is 2. The fraction of sp³-hybridized carbons (Fsp3) is 0.300. The second-order valence-electron chi connectivity index (χ2n) is 5.71. The summed E-state index contributed by atoms with van der Waals surface area (Å²) in [5.41, 5.74) is 0. The van der Waals surface area contributed by atoms with E-state index in [0.29, 0.717) is 0 Å². The molecule has 0 aliphatic heterocycles. The third kappa shape index (κ3) is 3.19. The lowest BCUT2D eigenvalue weighted by Gasteiger charge is -2.34. The molecule has 0 aromatic heterocycles. The van der Waals surface area contributed by atoms with E-state index in [1.807, 2.05) is 0 Å². The van der Waals surface area contributed by atoms with E-state index in [1.165, 1.54) is 18.9 Å². The third-order valence-electron chi connectivity index (χ3n) is 4.54. The van der Waals surface area contributed by atoms with Crippen LogP contribution in [0.1, 0.15) is 33.6 Å². The van der Waals surface area contributed by atoms with Crippen molar-refractivity contribution in [2.24, 2.45) is 0 Å². The molecule has 0 atom stereocenters. The van der Waals surface area contributed by atoms with Gasteiger partial charge >= 0.3 is 0 Å². The fourth-order valence-corrected chi connectivity index (χ4v) is 8.36. The van der Waals surface area contributed by atoms with Gasteiger partial charge in [-0.25, -0.2) is 0 Å². The molecule has 0 aliphatic carbocycles. The van der Waals surface area contributed by atoms with E-state index in [-0.39, 0.29) is 0 Å². The molecule has 0 saturated carbocycles. The predicted octanol–water partition coefficient (Wildman–Crippen LogP) is 4.56. The van der Waals surface area contributed by atoms with Gasteiger partial charge < -0.3 is 0 Å². The average molecular weight is 295 g/mol. The van der Waals surface area contributed by atoms with Crippen LogP contribution < -0.4 is 10.4 Å². The second kappa shape index (κ2) is 7.42. The Morgan fingerprint density at radius 3 is 1.76 bits per heavy atom. The molecule has 2 rings (SSSR count). The highest BCUT2D eigenvalue weighted by Gasteiger charge is 2.37. The van der Waals surface area contributed by atoms with Crippen molar-refractivity contribution in [1.29, 1.82) is 0 Å². The van der Waals surface area contributed by atoms with Gasteiger partial charge in [-0.3, -0.25) is 0 Å². The van der Waals surface area contributed by atoms with E-state index >= 15 is 0 Å². The van der Waals surface area contributed by atoms with Crippen LogP contribution in [0.2, 0.25) is 6.04 Å². The lowest BCUT2D eigenvalue weighted by atomic mass is 10.3. The van der Waals surface area contributed by atoms with Crippen molar-refractivity contribution in [3.63, 3.8) is 0 Å². The minimum absolute atomic E-state index is 1.26. The van der Waals surface area contributed by atoms with Gasteiger partial charge in [-0.2, -0.15) is 0 Å². The van der Waals surface area contributed by atoms with E-state index in [4.69, 9.17) is 0 Å². The topological polar surface area (TPSA) is 0 Å². The van der Waals surface area contributed by atoms with Crippen LogP contribution in [-0.4, -0.2) is 8.07 Å². The number of allylic oxidation sites excluding steroid dienone is 2. The van der Waals surface area contributed by atoms with Crippen LogP contribution in [0.4, 0.5) is 0 Å². The van der Waals surface area contributed by atoms with Crippen molar-refractivity contribution >= 4 is 18.4 Å². The van der Waals surface area contributed by atoms with Gasteiger partial charge in [0.2, 0.25) is 0 Å². The maximum Gasteiger partial charge on any atom is 0.143 e. The molecule has 0 radical (unpaired) electrons. The highest BCUT2D eigenvalue weighted by molar-refractivity contribution is 7.07. The SMILES string of the molecule is CC=C(C)[Si](CCCC)(c1ccccc1)c1ccccc1. The summed E-state index contributed by atoms with van der Waals surface area (Å²) in [6.45, 7) is 6.82. The minimum atomic E-state index is -1.81. The minimum Gasteiger partial charge on any atom is -0.0919 e. The van der Waals surface area contributed by atoms with Crippen LogP contribution in [-0.2, 0) is 0 Å². The molecule has 0 heterocycles. The van der Waals surface area contributed by atoms with Crippen LogP contribution in [0.3, 0.4) is 0 Å². The predicted molar refractivity (Wildman–Crippen MR) is 97.1 cm³/mol. The highest BCUT2D eigenvalue weighted by Crippen LogP contribution is 2.23. The highest BCUT2D eigenvalue weighted by atomic mass is 28.3. The molecule has 1 heteroatoms. The zero-order valence-electron chi connectivity index (χ0n) is 13.5. The first-order chi connectivity index (χ1) is 10.3. The maximum atomic E-state index is 2.34. The summed E-state index contributed by atoms with van der Waals surface area (Å²) in [6, 6.07) is 23.6. The maximum absolute atomic E-state index is 2.34. The molecular weight excluding hydrogens is 268 g/mol. The summed E-state index contributed by atoms with van der Waals surface area (Å²) in [7, 11) is -1.81. The summed E-state index contributed by atoms with van der Waals surface area (Å²) >= 11 is 0. The largest absolute Gasteiger partial charge is 0.143 e. The standard InChI is InChI=1S/C20H26Si/c1-4-6-17-21(18(3)5-2,19-13-9-7-10-14-19)20-15-11-8-12-16-20/h5,7-16H,4,6,17H2,1-3H3. The Bertz CT molecular complexity index is 530. The molecule has 2 aromatic rings. The van der Waals surface area contributed by atoms with Crippen LogP contribution in [0.25, 0.3) is 0 Å². The molecule has 110 valence electrons. The van der Waals surface area contributed by atoms with E-state index < -0.39 is 8.07 Å². The molecule has 0 unspecified atom stereocenters. The molecule has 21 heavy (non-hydrogen) atoms. The summed E-state index contributed by atoms with van der Waals surface area (Å²) in [6.07, 6.45) is 4.88. The molecule has 0 N–H and O–H groups in total. The van der Waals surface area contributed by atoms with E-state index in [9.17, 15) is 0 Å². The van der Waals surface area contributed by atoms with Gasteiger partial charge in [-0.15, -0.1) is 0 Å². The van der Waals surface area contributed by atoms with Crippen LogP contribution in [0.15, 0.2) is 71.9 Å². The molecule has 2 aromatic carbocycles. The van der Waals surface area contributed by atoms with Gasteiger partial charge in [-0.1, -0.05) is 91.7 Å². The molecule has 0 bridgehead atoms. The van der Waals surface area contributed by atoms with Gasteiger partial charge in [0.25, 0.3) is 0 Å². The first kappa shape index (κ1) is 15.8. The first-order valence-electron chi connectivity index (χ1n) is 8.00. The average Bonchev–Trinajstić information content (AvgIpc) is 2.57. The molecular formula is C20H26Si. The molecule has 0 aliphatic rings. The molecule has 0 spiro atoms. The Morgan fingerprint density at radius 1 is 0.905 bits per heavy atom. The molecule has 0 fully saturated rings. The van der Waals surface area contributed by atoms with Crippen molar-refractivity contribution in [1.82, 2.24) is 0 Å². The van der Waals surface area contributed by atoms with E-state index in [1.54, 1.807) is 15.6 Å². The van der Waals surface area contributed by atoms with Crippen molar-refractivity contribution in [2.75, 3.05) is 0 Å². The van der Waals surface area contributed by atoms with Gasteiger partial charge in [-0.05, 0) is 30.3 Å². The van der Waals surface area contributed by atoms with E-state index in [2.05, 4.69) is 87.5 Å². The van der Waals surface area contributed by atoms with Gasteiger partial charge in [0.05, 0.1) is 0 Å². The Balaban J connectivity index is 2.65. The number of unbranched alkanes of at least 4 members (excludes halogenated alkanes) is 1. The lowest BCUT2D eigenvalue weighted by molar-refractivity contribution is 0.872. The molecule has 0 nitrogen and oxygen atoms in total. The third-order valence-corrected chi connectivity index (χ3v) is 9.92. The van der Waals surface area contributed by atoms with Crippen molar-refractivity contribution < 1.29 is 0 Å². The van der Waals surface area contributed by atoms with Crippen LogP contribution in [0.5, 0.6) is 0 Å². The van der Waals surface area contributed by atoms with Crippen molar-refractivity contribution in [3.8, 4) is 0 Å². The van der Waals surface area contributed by atoms with Gasteiger partial charge in [0, 0.05) is 0 Å². The van der Waals surface area contributed by atoms with Crippen molar-refractivity contribution in [3.05, 3.63) is 71.9 Å². The summed E-state index contributed by atoms with van der Waals surface area (Å²) in [5, 5.41) is 4.66. The van der Waals surface area contributed by atoms with Crippen LogP contribution >= 0.6 is 0 Å². The monoisotopic (exact) mass is 294 g/mol. The Morgan fingerprint density at radius 2 is 1.38 bits per heavy atom. The Kier molecular flexibility index (Phi) is 5.57. The fourth-order valence-electron chi connectivity index (χ4n) is 3.24. The zero-order chi connectivity index (χ0) is 15.1. The van der Waals surface area contributed by atoms with Gasteiger partial charge in [0.1, 0.15) is 8.07 Å². The quantitative estimate of drug-likeness (QED) is 0.685. The van der Waals surface area contributed by atoms with E-state index in [0.717, 1.165) is 0 Å². The Hall–Kier alpha value is -1.60. The molecule has 0 amide bonds. The smallest absolute Gasteiger partial charge is 0.0919 e. The van der Waals surface area contributed by atoms with Crippen LogP contribution in [0, 0.1) is 0 Å². The summed E-state index contributed by atoms with van der Waals surface area (Å²) < 4.78 is 0.